The smallest absolute Gasteiger partial charge is 0.152 e. The minimum atomic E-state index is 0.213. The molecule has 0 bridgehead atoms. The zero-order chi connectivity index (χ0) is 8.97. The third-order valence-electron chi connectivity index (χ3n) is 2.67. The van der Waals surface area contributed by atoms with Gasteiger partial charge in [0.1, 0.15) is 0 Å². The summed E-state index contributed by atoms with van der Waals surface area (Å²) in [5.74, 6) is 0.910. The lowest BCUT2D eigenvalue weighted by Gasteiger charge is -2.23. The molecule has 1 fully saturated rings. The Labute approximate surface area is 74.9 Å². The van der Waals surface area contributed by atoms with Gasteiger partial charge in [-0.15, -0.1) is 0 Å². The summed E-state index contributed by atoms with van der Waals surface area (Å²) in [6.07, 6.45) is 8.10. The number of carbonyl (C=O) groups is 1. The highest BCUT2D eigenvalue weighted by atomic mass is 16.1. The molecule has 0 aromatic heterocycles. The van der Waals surface area contributed by atoms with Gasteiger partial charge in [-0.3, -0.25) is 4.79 Å². The molecule has 0 aromatic carbocycles. The first-order valence-corrected chi connectivity index (χ1v) is 4.95. The molecule has 0 amide bonds. The van der Waals surface area contributed by atoms with Crippen LogP contribution in [0.1, 0.15) is 46.0 Å². The van der Waals surface area contributed by atoms with Crippen LogP contribution in [0.25, 0.3) is 0 Å². The first-order valence-electron chi connectivity index (χ1n) is 4.95. The molecule has 1 saturated carbocycles. The van der Waals surface area contributed by atoms with Crippen molar-refractivity contribution in [3.8, 4) is 0 Å². The fraction of sp³-hybridized carbons (Fsp3) is 0.727. The van der Waals surface area contributed by atoms with E-state index >= 15 is 0 Å². The van der Waals surface area contributed by atoms with Crippen molar-refractivity contribution in [2.24, 2.45) is 5.92 Å². The molecule has 0 spiro atoms. The van der Waals surface area contributed by atoms with Gasteiger partial charge in [0.25, 0.3) is 0 Å². The lowest BCUT2D eigenvalue weighted by Crippen LogP contribution is -2.10. The maximum absolute atomic E-state index is 10.9. The van der Waals surface area contributed by atoms with Gasteiger partial charge in [0.2, 0.25) is 0 Å². The second kappa shape index (κ2) is 4.44. The molecule has 68 valence electrons. The quantitative estimate of drug-likeness (QED) is 0.576. The van der Waals surface area contributed by atoms with Crippen LogP contribution in [0.4, 0.5) is 0 Å². The molecule has 0 aliphatic heterocycles. The largest absolute Gasteiger partial charge is 0.295 e. The van der Waals surface area contributed by atoms with Crippen molar-refractivity contribution in [2.45, 2.75) is 46.0 Å². The van der Waals surface area contributed by atoms with E-state index in [4.69, 9.17) is 0 Å². The number of rotatable bonds is 2. The van der Waals surface area contributed by atoms with E-state index < -0.39 is 0 Å². The lowest BCUT2D eigenvalue weighted by molar-refractivity contribution is -0.112. The van der Waals surface area contributed by atoms with Crippen LogP contribution in [0.5, 0.6) is 0 Å². The average Bonchev–Trinajstić information content (AvgIpc) is 2.04. The van der Waals surface area contributed by atoms with Crippen molar-refractivity contribution in [2.75, 3.05) is 0 Å². The molecule has 1 nitrogen and oxygen atoms in total. The summed E-state index contributed by atoms with van der Waals surface area (Å²) in [6, 6.07) is 0. The Hall–Kier alpha value is -0.590. The van der Waals surface area contributed by atoms with E-state index in [9.17, 15) is 4.79 Å². The zero-order valence-corrected chi connectivity index (χ0v) is 8.10. The van der Waals surface area contributed by atoms with Crippen LogP contribution in [-0.4, -0.2) is 5.78 Å². The van der Waals surface area contributed by atoms with Crippen LogP contribution >= 0.6 is 0 Å². The molecule has 1 atom stereocenters. The third kappa shape index (κ3) is 2.47. The Morgan fingerprint density at radius 3 is 2.92 bits per heavy atom. The summed E-state index contributed by atoms with van der Waals surface area (Å²) in [7, 11) is 0. The molecule has 12 heavy (non-hydrogen) atoms. The van der Waals surface area contributed by atoms with E-state index in [0.29, 0.717) is 5.92 Å². The van der Waals surface area contributed by atoms with Crippen LogP contribution in [0.3, 0.4) is 0 Å². The van der Waals surface area contributed by atoms with E-state index in [0.717, 1.165) is 6.42 Å². The highest BCUT2D eigenvalue weighted by Gasteiger charge is 2.16. The average molecular weight is 166 g/mol. The molecule has 0 N–H and O–H groups in total. The number of hydrogen-bond donors (Lipinski definition) is 0. The molecule has 0 saturated heterocycles. The summed E-state index contributed by atoms with van der Waals surface area (Å²) in [5.41, 5.74) is 1.40. The molecular weight excluding hydrogens is 148 g/mol. The SMILES string of the molecule is CCC1CCCCC1=CC(C)=O. The van der Waals surface area contributed by atoms with Gasteiger partial charge in [0.15, 0.2) is 5.78 Å². The van der Waals surface area contributed by atoms with Gasteiger partial charge >= 0.3 is 0 Å². The summed E-state index contributed by atoms with van der Waals surface area (Å²) >= 11 is 0. The number of ketones is 1. The first-order chi connectivity index (χ1) is 5.74. The van der Waals surface area contributed by atoms with Gasteiger partial charge in [-0.1, -0.05) is 18.9 Å². The van der Waals surface area contributed by atoms with Gasteiger partial charge in [-0.05, 0) is 44.6 Å². The molecule has 1 rings (SSSR count). The van der Waals surface area contributed by atoms with Crippen LogP contribution in [0, 0.1) is 5.92 Å². The Bertz CT molecular complexity index is 191. The fourth-order valence-corrected chi connectivity index (χ4v) is 2.03. The van der Waals surface area contributed by atoms with E-state index in [1.165, 1.54) is 31.3 Å². The van der Waals surface area contributed by atoms with Crippen molar-refractivity contribution >= 4 is 5.78 Å². The summed E-state index contributed by atoms with van der Waals surface area (Å²) < 4.78 is 0. The molecular formula is C11H18O. The predicted molar refractivity (Wildman–Crippen MR) is 51.0 cm³/mol. The third-order valence-corrected chi connectivity index (χ3v) is 2.67. The van der Waals surface area contributed by atoms with Gasteiger partial charge in [-0.25, -0.2) is 0 Å². The van der Waals surface area contributed by atoms with Crippen molar-refractivity contribution in [3.63, 3.8) is 0 Å². The van der Waals surface area contributed by atoms with Gasteiger partial charge in [0, 0.05) is 0 Å². The van der Waals surface area contributed by atoms with E-state index in [1.54, 1.807) is 6.92 Å². The summed E-state index contributed by atoms with van der Waals surface area (Å²) in [5, 5.41) is 0. The molecule has 1 unspecified atom stereocenters. The maximum Gasteiger partial charge on any atom is 0.152 e. The van der Waals surface area contributed by atoms with Crippen molar-refractivity contribution < 1.29 is 4.79 Å². The maximum atomic E-state index is 10.9. The minimum absolute atomic E-state index is 0.213. The van der Waals surface area contributed by atoms with Gasteiger partial charge in [0.05, 0.1) is 0 Å². The number of carbonyl (C=O) groups excluding carboxylic acids is 1. The van der Waals surface area contributed by atoms with Crippen molar-refractivity contribution in [1.82, 2.24) is 0 Å². The van der Waals surface area contributed by atoms with Crippen molar-refractivity contribution in [1.29, 1.82) is 0 Å². The summed E-state index contributed by atoms with van der Waals surface area (Å²) in [4.78, 5) is 10.9. The van der Waals surface area contributed by atoms with Crippen LogP contribution in [0.15, 0.2) is 11.6 Å². The highest BCUT2D eigenvalue weighted by molar-refractivity contribution is 5.88. The summed E-state index contributed by atoms with van der Waals surface area (Å²) in [6.45, 7) is 3.86. The normalized spacial score (nSPS) is 27.5. The number of allylic oxidation sites excluding steroid dienone is 2. The zero-order valence-electron chi connectivity index (χ0n) is 8.10. The second-order valence-electron chi connectivity index (χ2n) is 3.68. The molecule has 0 heterocycles. The van der Waals surface area contributed by atoms with E-state index in [2.05, 4.69) is 6.92 Å². The van der Waals surface area contributed by atoms with E-state index in [-0.39, 0.29) is 5.78 Å². The Balaban J connectivity index is 2.64. The minimum Gasteiger partial charge on any atom is -0.295 e. The Morgan fingerprint density at radius 1 is 1.58 bits per heavy atom. The molecule has 0 radical (unpaired) electrons. The van der Waals surface area contributed by atoms with Crippen molar-refractivity contribution in [3.05, 3.63) is 11.6 Å². The lowest BCUT2D eigenvalue weighted by atomic mass is 9.82. The van der Waals surface area contributed by atoms with Crippen LogP contribution < -0.4 is 0 Å². The number of hydrogen-bond acceptors (Lipinski definition) is 1. The second-order valence-corrected chi connectivity index (χ2v) is 3.68. The van der Waals surface area contributed by atoms with Gasteiger partial charge < -0.3 is 0 Å². The monoisotopic (exact) mass is 166 g/mol. The highest BCUT2D eigenvalue weighted by Crippen LogP contribution is 2.31. The molecule has 1 aliphatic rings. The van der Waals surface area contributed by atoms with Crippen LogP contribution in [0.2, 0.25) is 0 Å². The molecule has 0 aromatic rings. The van der Waals surface area contributed by atoms with E-state index in [1.807, 2.05) is 6.08 Å². The Kier molecular flexibility index (Phi) is 3.51. The van der Waals surface area contributed by atoms with Gasteiger partial charge in [-0.2, -0.15) is 0 Å². The first kappa shape index (κ1) is 9.50. The molecule has 1 heteroatoms. The predicted octanol–water partition coefficient (Wildman–Crippen LogP) is 3.10. The topological polar surface area (TPSA) is 17.1 Å². The van der Waals surface area contributed by atoms with Crippen LogP contribution in [-0.2, 0) is 4.79 Å². The fourth-order valence-electron chi connectivity index (χ4n) is 2.03. The Morgan fingerprint density at radius 2 is 2.33 bits per heavy atom. The molecule has 1 aliphatic carbocycles. The standard InChI is InChI=1S/C11H18O/c1-3-10-6-4-5-7-11(10)8-9(2)12/h8,10H,3-7H2,1-2H3.